The molecule has 2 aromatic carbocycles. The Bertz CT molecular complexity index is 827. The number of nitrogens with zero attached hydrogens (tertiary/aromatic N) is 1. The van der Waals surface area contributed by atoms with Gasteiger partial charge >= 0.3 is 5.97 Å². The smallest absolute Gasteiger partial charge is 0.363 e. The Morgan fingerprint density at radius 1 is 1.17 bits per heavy atom. The van der Waals surface area contributed by atoms with Gasteiger partial charge in [-0.05, 0) is 36.3 Å². The van der Waals surface area contributed by atoms with Crippen molar-refractivity contribution in [2.75, 3.05) is 7.11 Å². The number of aliphatic imine (C=N–C) groups is 1. The lowest BCUT2D eigenvalue weighted by Crippen LogP contribution is -2.05. The first-order chi connectivity index (χ1) is 11.7. The van der Waals surface area contributed by atoms with Gasteiger partial charge in [0.05, 0.1) is 7.11 Å². The molecule has 0 amide bonds. The van der Waals surface area contributed by atoms with E-state index in [2.05, 4.69) is 4.99 Å². The summed E-state index contributed by atoms with van der Waals surface area (Å²) in [6.45, 7) is 0. The number of benzene rings is 2. The van der Waals surface area contributed by atoms with Crippen LogP contribution in [0, 0.1) is 5.82 Å². The molecular weight excluding hydrogens is 309 g/mol. The van der Waals surface area contributed by atoms with Gasteiger partial charge in [0.15, 0.2) is 11.6 Å². The second-order valence-electron chi connectivity index (χ2n) is 5.30. The van der Waals surface area contributed by atoms with E-state index in [0.717, 1.165) is 11.3 Å². The molecule has 0 bridgehead atoms. The minimum absolute atomic E-state index is 0.112. The molecule has 0 saturated heterocycles. The Kier molecular flexibility index (Phi) is 4.70. The SMILES string of the molecule is COc1cccc(CCC2=N/C(=C\c3ccccc3F)C(=O)O2)c1. The number of carbonyl (C=O) groups is 1. The van der Waals surface area contributed by atoms with Crippen LogP contribution in [0.4, 0.5) is 4.39 Å². The molecule has 1 aliphatic heterocycles. The van der Waals surface area contributed by atoms with Crippen LogP contribution in [0.1, 0.15) is 17.5 Å². The van der Waals surface area contributed by atoms with Gasteiger partial charge in [-0.2, -0.15) is 0 Å². The summed E-state index contributed by atoms with van der Waals surface area (Å²) in [5.74, 6) is 0.153. The van der Waals surface area contributed by atoms with Gasteiger partial charge in [0.1, 0.15) is 11.6 Å². The number of hydrogen-bond acceptors (Lipinski definition) is 4. The van der Waals surface area contributed by atoms with Gasteiger partial charge in [-0.25, -0.2) is 14.2 Å². The highest BCUT2D eigenvalue weighted by atomic mass is 19.1. The molecule has 1 heterocycles. The Morgan fingerprint density at radius 3 is 2.79 bits per heavy atom. The van der Waals surface area contributed by atoms with E-state index in [1.54, 1.807) is 25.3 Å². The Labute approximate surface area is 139 Å². The Hall–Kier alpha value is -2.95. The van der Waals surface area contributed by atoms with E-state index in [0.29, 0.717) is 24.3 Å². The van der Waals surface area contributed by atoms with Gasteiger partial charge in [0.2, 0.25) is 0 Å². The lowest BCUT2D eigenvalue weighted by Gasteiger charge is -2.03. The van der Waals surface area contributed by atoms with E-state index in [9.17, 15) is 9.18 Å². The first-order valence-corrected chi connectivity index (χ1v) is 7.54. The van der Waals surface area contributed by atoms with Crippen LogP contribution in [0.5, 0.6) is 5.75 Å². The van der Waals surface area contributed by atoms with Crippen LogP contribution in [0.25, 0.3) is 6.08 Å². The number of esters is 1. The molecule has 4 nitrogen and oxygen atoms in total. The van der Waals surface area contributed by atoms with Gasteiger partial charge < -0.3 is 9.47 Å². The maximum Gasteiger partial charge on any atom is 0.363 e. The van der Waals surface area contributed by atoms with Crippen molar-refractivity contribution >= 4 is 17.9 Å². The third-order valence-corrected chi connectivity index (χ3v) is 3.62. The van der Waals surface area contributed by atoms with E-state index in [-0.39, 0.29) is 5.70 Å². The average molecular weight is 325 g/mol. The zero-order chi connectivity index (χ0) is 16.9. The lowest BCUT2D eigenvalue weighted by atomic mass is 10.1. The first kappa shape index (κ1) is 15.9. The number of ether oxygens (including phenoxy) is 2. The standard InChI is InChI=1S/C19H16FNO3/c1-23-15-7-4-5-13(11-15)9-10-18-21-17(19(22)24-18)12-14-6-2-3-8-16(14)20/h2-8,11-12H,9-10H2,1H3/b17-12-. The summed E-state index contributed by atoms with van der Waals surface area (Å²) in [7, 11) is 1.61. The summed E-state index contributed by atoms with van der Waals surface area (Å²) < 4.78 is 24.0. The number of methoxy groups -OCH3 is 1. The van der Waals surface area contributed by atoms with Crippen molar-refractivity contribution in [3.8, 4) is 5.75 Å². The van der Waals surface area contributed by atoms with Crippen molar-refractivity contribution < 1.29 is 18.7 Å². The molecule has 2 aromatic rings. The van der Waals surface area contributed by atoms with E-state index >= 15 is 0 Å². The number of halogens is 1. The summed E-state index contributed by atoms with van der Waals surface area (Å²) >= 11 is 0. The van der Waals surface area contributed by atoms with Gasteiger partial charge in [-0.15, -0.1) is 0 Å². The fourth-order valence-corrected chi connectivity index (χ4v) is 2.38. The number of aryl methyl sites for hydroxylation is 1. The van der Waals surface area contributed by atoms with E-state index in [1.165, 1.54) is 12.1 Å². The summed E-state index contributed by atoms with van der Waals surface area (Å²) in [6.07, 6.45) is 2.54. The van der Waals surface area contributed by atoms with Crippen molar-refractivity contribution in [3.05, 3.63) is 71.2 Å². The van der Waals surface area contributed by atoms with Crippen molar-refractivity contribution in [1.82, 2.24) is 0 Å². The quantitative estimate of drug-likeness (QED) is 0.621. The molecule has 0 fully saturated rings. The Balaban J connectivity index is 1.71. The van der Waals surface area contributed by atoms with Crippen LogP contribution in [0.15, 0.2) is 59.2 Å². The minimum Gasteiger partial charge on any atom is -0.497 e. The van der Waals surface area contributed by atoms with Gasteiger partial charge in [-0.3, -0.25) is 0 Å². The number of hydrogen-bond donors (Lipinski definition) is 0. The molecule has 0 aromatic heterocycles. The summed E-state index contributed by atoms with van der Waals surface area (Å²) in [5, 5.41) is 0. The molecule has 0 unspecified atom stereocenters. The summed E-state index contributed by atoms with van der Waals surface area (Å²) in [4.78, 5) is 16.0. The van der Waals surface area contributed by atoms with Crippen LogP contribution >= 0.6 is 0 Å². The van der Waals surface area contributed by atoms with E-state index < -0.39 is 11.8 Å². The zero-order valence-electron chi connectivity index (χ0n) is 13.2. The van der Waals surface area contributed by atoms with Gasteiger partial charge in [0, 0.05) is 12.0 Å². The molecule has 0 atom stereocenters. The van der Waals surface area contributed by atoms with Crippen molar-refractivity contribution in [2.24, 2.45) is 4.99 Å². The summed E-state index contributed by atoms with van der Waals surface area (Å²) in [6, 6.07) is 13.9. The maximum atomic E-state index is 13.7. The third kappa shape index (κ3) is 3.68. The van der Waals surface area contributed by atoms with Crippen LogP contribution in [0.2, 0.25) is 0 Å². The predicted molar refractivity (Wildman–Crippen MR) is 89.2 cm³/mol. The molecule has 1 aliphatic rings. The predicted octanol–water partition coefficient (Wildman–Crippen LogP) is 3.76. The number of carbonyl (C=O) groups excluding carboxylic acids is 1. The highest BCUT2D eigenvalue weighted by Crippen LogP contribution is 2.20. The molecule has 5 heteroatoms. The highest BCUT2D eigenvalue weighted by molar-refractivity contribution is 6.07. The molecule has 0 N–H and O–H groups in total. The monoisotopic (exact) mass is 325 g/mol. The highest BCUT2D eigenvalue weighted by Gasteiger charge is 2.23. The van der Waals surface area contributed by atoms with Crippen molar-refractivity contribution in [1.29, 1.82) is 0 Å². The molecular formula is C19H16FNO3. The molecule has 0 spiro atoms. The second kappa shape index (κ2) is 7.08. The topological polar surface area (TPSA) is 47.9 Å². The maximum absolute atomic E-state index is 13.7. The van der Waals surface area contributed by atoms with Crippen LogP contribution < -0.4 is 4.74 Å². The third-order valence-electron chi connectivity index (χ3n) is 3.62. The van der Waals surface area contributed by atoms with Gasteiger partial charge in [-0.1, -0.05) is 30.3 Å². The second-order valence-corrected chi connectivity index (χ2v) is 5.30. The minimum atomic E-state index is -0.557. The fourth-order valence-electron chi connectivity index (χ4n) is 2.38. The largest absolute Gasteiger partial charge is 0.497 e. The molecule has 122 valence electrons. The molecule has 0 saturated carbocycles. The number of rotatable bonds is 5. The summed E-state index contributed by atoms with van der Waals surface area (Å²) in [5.41, 5.74) is 1.47. The van der Waals surface area contributed by atoms with Crippen LogP contribution in [0.3, 0.4) is 0 Å². The van der Waals surface area contributed by atoms with Crippen molar-refractivity contribution in [2.45, 2.75) is 12.8 Å². The normalized spacial score (nSPS) is 15.3. The zero-order valence-corrected chi connectivity index (χ0v) is 13.2. The van der Waals surface area contributed by atoms with Crippen LogP contribution in [-0.4, -0.2) is 19.0 Å². The number of cyclic esters (lactones) is 1. The van der Waals surface area contributed by atoms with E-state index in [1.807, 2.05) is 24.3 Å². The van der Waals surface area contributed by atoms with Gasteiger partial charge in [0.25, 0.3) is 0 Å². The molecule has 0 radical (unpaired) electrons. The van der Waals surface area contributed by atoms with Crippen molar-refractivity contribution in [3.63, 3.8) is 0 Å². The fraction of sp³-hybridized carbons (Fsp3) is 0.158. The van der Waals surface area contributed by atoms with E-state index in [4.69, 9.17) is 9.47 Å². The average Bonchev–Trinajstić information content (AvgIpc) is 2.95. The first-order valence-electron chi connectivity index (χ1n) is 7.54. The van der Waals surface area contributed by atoms with Crippen LogP contribution in [-0.2, 0) is 16.0 Å². The molecule has 3 rings (SSSR count). The molecule has 24 heavy (non-hydrogen) atoms. The lowest BCUT2D eigenvalue weighted by molar-refractivity contribution is -0.130. The Morgan fingerprint density at radius 2 is 2.00 bits per heavy atom. The molecule has 0 aliphatic carbocycles.